The number of rotatable bonds is 4. The number of nitrogens with one attached hydrogen (secondary N) is 1. The first-order chi connectivity index (χ1) is 8.55. The number of hydrogen-bond donors (Lipinski definition) is 1. The van der Waals surface area contributed by atoms with E-state index in [2.05, 4.69) is 30.5 Å². The molecule has 0 atom stereocenters. The third-order valence-electron chi connectivity index (χ3n) is 3.90. The summed E-state index contributed by atoms with van der Waals surface area (Å²) in [7, 11) is -1.12. The highest BCUT2D eigenvalue weighted by molar-refractivity contribution is 6.76. The van der Waals surface area contributed by atoms with E-state index in [0.29, 0.717) is 0 Å². The van der Waals surface area contributed by atoms with Crippen molar-refractivity contribution in [1.82, 2.24) is 5.32 Å². The molecular weight excluding hydrogens is 258 g/mol. The molecule has 18 heavy (non-hydrogen) atoms. The third-order valence-corrected chi connectivity index (χ3v) is 7.20. The predicted octanol–water partition coefficient (Wildman–Crippen LogP) is 4.13. The largest absolute Gasteiger partial charge is 0.317 e. The van der Waals surface area contributed by atoms with Crippen LogP contribution in [-0.4, -0.2) is 21.2 Å². The standard InChI is InChI=1S/C15H24ClNSi/c1-18(2,12-14-7-9-17-10-8-14)11-13-3-5-15(16)6-4-13/h3-6,14,17H,7-12H2,1-2H3. The van der Waals surface area contributed by atoms with Gasteiger partial charge in [-0.3, -0.25) is 0 Å². The van der Waals surface area contributed by atoms with Crippen molar-refractivity contribution in [2.24, 2.45) is 5.92 Å². The van der Waals surface area contributed by atoms with Gasteiger partial charge in [0.1, 0.15) is 0 Å². The van der Waals surface area contributed by atoms with E-state index in [1.165, 1.54) is 43.6 Å². The Bertz CT molecular complexity index is 369. The van der Waals surface area contributed by atoms with Crippen molar-refractivity contribution in [1.29, 1.82) is 0 Å². The topological polar surface area (TPSA) is 12.0 Å². The smallest absolute Gasteiger partial charge is 0.0520 e. The molecule has 1 aliphatic rings. The van der Waals surface area contributed by atoms with Gasteiger partial charge in [0, 0.05) is 5.02 Å². The second-order valence-corrected chi connectivity index (χ2v) is 11.9. The Kier molecular flexibility index (Phi) is 4.88. The van der Waals surface area contributed by atoms with Gasteiger partial charge in [0.15, 0.2) is 0 Å². The first kappa shape index (κ1) is 14.1. The van der Waals surface area contributed by atoms with Crippen LogP contribution in [-0.2, 0) is 6.04 Å². The van der Waals surface area contributed by atoms with E-state index < -0.39 is 8.07 Å². The molecule has 1 aliphatic heterocycles. The molecule has 0 saturated carbocycles. The summed E-state index contributed by atoms with van der Waals surface area (Å²) >= 11 is 5.94. The van der Waals surface area contributed by atoms with Crippen LogP contribution in [0.1, 0.15) is 18.4 Å². The number of piperidine rings is 1. The fourth-order valence-corrected chi connectivity index (χ4v) is 6.68. The van der Waals surface area contributed by atoms with Crippen LogP contribution in [0.15, 0.2) is 24.3 Å². The highest BCUT2D eigenvalue weighted by Gasteiger charge is 2.26. The molecule has 0 unspecified atom stereocenters. The van der Waals surface area contributed by atoms with Crippen LogP contribution in [0.3, 0.4) is 0 Å². The minimum Gasteiger partial charge on any atom is -0.317 e. The molecule has 0 spiro atoms. The Balaban J connectivity index is 1.91. The summed E-state index contributed by atoms with van der Waals surface area (Å²) in [6.45, 7) is 7.50. The normalized spacial score (nSPS) is 17.9. The van der Waals surface area contributed by atoms with E-state index in [1.54, 1.807) is 0 Å². The fourth-order valence-electron chi connectivity index (χ4n) is 3.09. The highest BCUT2D eigenvalue weighted by Crippen LogP contribution is 2.27. The van der Waals surface area contributed by atoms with Crippen molar-refractivity contribution in [2.45, 2.75) is 38.0 Å². The van der Waals surface area contributed by atoms with Crippen molar-refractivity contribution < 1.29 is 0 Å². The van der Waals surface area contributed by atoms with Crippen LogP contribution in [0, 0.1) is 5.92 Å². The molecule has 1 N–H and O–H groups in total. The van der Waals surface area contributed by atoms with Gasteiger partial charge >= 0.3 is 0 Å². The highest BCUT2D eigenvalue weighted by atomic mass is 35.5. The number of halogens is 1. The SMILES string of the molecule is C[Si](C)(Cc1ccc(Cl)cc1)CC1CCNCC1. The first-order valence-corrected chi connectivity index (χ1v) is 10.8. The lowest BCUT2D eigenvalue weighted by Gasteiger charge is -2.31. The maximum Gasteiger partial charge on any atom is 0.0520 e. The maximum absolute atomic E-state index is 5.94. The van der Waals surface area contributed by atoms with Crippen molar-refractivity contribution in [3.8, 4) is 0 Å². The third kappa shape index (κ3) is 4.41. The van der Waals surface area contributed by atoms with Crippen LogP contribution in [0.4, 0.5) is 0 Å². The fraction of sp³-hybridized carbons (Fsp3) is 0.600. The van der Waals surface area contributed by atoms with Crippen LogP contribution in [0.2, 0.25) is 24.2 Å². The summed E-state index contributed by atoms with van der Waals surface area (Å²) < 4.78 is 0. The van der Waals surface area contributed by atoms with Gasteiger partial charge in [0.25, 0.3) is 0 Å². The molecule has 0 radical (unpaired) electrons. The van der Waals surface area contributed by atoms with E-state index >= 15 is 0 Å². The van der Waals surface area contributed by atoms with Crippen LogP contribution < -0.4 is 5.32 Å². The summed E-state index contributed by atoms with van der Waals surface area (Å²) in [5, 5.41) is 4.30. The van der Waals surface area contributed by atoms with E-state index in [0.717, 1.165) is 10.9 Å². The lowest BCUT2D eigenvalue weighted by molar-refractivity contribution is 0.398. The van der Waals surface area contributed by atoms with E-state index in [1.807, 2.05) is 12.1 Å². The Labute approximate surface area is 117 Å². The Morgan fingerprint density at radius 3 is 2.39 bits per heavy atom. The molecule has 0 bridgehead atoms. The predicted molar refractivity (Wildman–Crippen MR) is 83.0 cm³/mol. The number of benzene rings is 1. The molecule has 100 valence electrons. The molecule has 1 aromatic carbocycles. The van der Waals surface area contributed by atoms with Gasteiger partial charge < -0.3 is 5.32 Å². The lowest BCUT2D eigenvalue weighted by atomic mass is 10.0. The molecule has 2 rings (SSSR count). The monoisotopic (exact) mass is 281 g/mol. The second-order valence-electron chi connectivity index (χ2n) is 6.36. The lowest BCUT2D eigenvalue weighted by Crippen LogP contribution is -2.36. The maximum atomic E-state index is 5.94. The van der Waals surface area contributed by atoms with Crippen LogP contribution in [0.5, 0.6) is 0 Å². The molecule has 0 aromatic heterocycles. The molecule has 1 saturated heterocycles. The van der Waals surface area contributed by atoms with Gasteiger partial charge in [-0.2, -0.15) is 0 Å². The van der Waals surface area contributed by atoms with Crippen LogP contribution in [0.25, 0.3) is 0 Å². The average Bonchev–Trinajstić information content (AvgIpc) is 2.32. The zero-order valence-corrected chi connectivity index (χ0v) is 13.3. The van der Waals surface area contributed by atoms with Gasteiger partial charge in [0.2, 0.25) is 0 Å². The van der Waals surface area contributed by atoms with E-state index in [4.69, 9.17) is 11.6 Å². The van der Waals surface area contributed by atoms with E-state index in [-0.39, 0.29) is 0 Å². The summed E-state index contributed by atoms with van der Waals surface area (Å²) in [5.74, 6) is 0.959. The van der Waals surface area contributed by atoms with Gasteiger partial charge in [-0.15, -0.1) is 0 Å². The van der Waals surface area contributed by atoms with Gasteiger partial charge in [-0.1, -0.05) is 48.4 Å². The van der Waals surface area contributed by atoms with Gasteiger partial charge in [-0.05, 0) is 50.0 Å². The van der Waals surface area contributed by atoms with Gasteiger partial charge in [-0.25, -0.2) is 0 Å². The average molecular weight is 282 g/mol. The second kappa shape index (κ2) is 6.22. The van der Waals surface area contributed by atoms with E-state index in [9.17, 15) is 0 Å². The van der Waals surface area contributed by atoms with Crippen molar-refractivity contribution in [2.75, 3.05) is 13.1 Å². The molecule has 1 fully saturated rings. The molecule has 1 aromatic rings. The Morgan fingerprint density at radius 2 is 1.78 bits per heavy atom. The summed E-state index contributed by atoms with van der Waals surface area (Å²) in [4.78, 5) is 0. The van der Waals surface area contributed by atoms with Crippen LogP contribution >= 0.6 is 11.6 Å². The molecule has 0 aliphatic carbocycles. The zero-order valence-electron chi connectivity index (χ0n) is 11.5. The Morgan fingerprint density at radius 1 is 1.17 bits per heavy atom. The minimum atomic E-state index is -1.12. The quantitative estimate of drug-likeness (QED) is 0.819. The zero-order chi connectivity index (χ0) is 13.0. The van der Waals surface area contributed by atoms with Crippen molar-refractivity contribution >= 4 is 19.7 Å². The molecule has 0 amide bonds. The van der Waals surface area contributed by atoms with Crippen molar-refractivity contribution in [3.63, 3.8) is 0 Å². The summed E-state index contributed by atoms with van der Waals surface area (Å²) in [5.41, 5.74) is 1.46. The molecule has 1 nitrogen and oxygen atoms in total. The molecule has 1 heterocycles. The van der Waals surface area contributed by atoms with Crippen molar-refractivity contribution in [3.05, 3.63) is 34.9 Å². The summed E-state index contributed by atoms with van der Waals surface area (Å²) in [6.07, 6.45) is 2.74. The van der Waals surface area contributed by atoms with Gasteiger partial charge in [0.05, 0.1) is 8.07 Å². The first-order valence-electron chi connectivity index (χ1n) is 7.00. The Hall–Kier alpha value is -0.313. The minimum absolute atomic E-state index is 0.844. The molecule has 3 heteroatoms. The number of hydrogen-bond acceptors (Lipinski definition) is 1. The summed E-state index contributed by atoms with van der Waals surface area (Å²) in [6, 6.07) is 11.2. The molecular formula is C15H24ClNSi.